The van der Waals surface area contributed by atoms with Gasteiger partial charge >= 0.3 is 11.9 Å². The van der Waals surface area contributed by atoms with Crippen LogP contribution in [-0.4, -0.2) is 81.2 Å². The molecule has 3 aromatic rings. The number of nitrogens with zero attached hydrogens (tertiary/aromatic N) is 6. The van der Waals surface area contributed by atoms with Gasteiger partial charge in [-0.25, -0.2) is 14.6 Å². The first kappa shape index (κ1) is 34.9. The average molecular weight is 688 g/mol. The van der Waals surface area contributed by atoms with E-state index < -0.39 is 22.7 Å². The van der Waals surface area contributed by atoms with Gasteiger partial charge < -0.3 is 19.3 Å². The Labute approximate surface area is 291 Å². The molecular weight excluding hydrogens is 642 g/mol. The van der Waals surface area contributed by atoms with Gasteiger partial charge in [-0.15, -0.1) is 0 Å². The Morgan fingerprint density at radius 1 is 1.06 bits per heavy atom. The highest BCUT2D eigenvalue weighted by Crippen LogP contribution is 2.38. The Morgan fingerprint density at radius 3 is 2.38 bits per heavy atom. The Bertz CT molecular complexity index is 1810. The number of nitro groups is 1. The van der Waals surface area contributed by atoms with Crippen molar-refractivity contribution in [2.45, 2.75) is 72.3 Å². The number of fused-ring (bicyclic) bond motifs is 1. The number of H-pyrrole nitrogens is 1. The summed E-state index contributed by atoms with van der Waals surface area (Å²) in [7, 11) is 0. The average Bonchev–Trinajstić information content (AvgIpc) is 3.67. The summed E-state index contributed by atoms with van der Waals surface area (Å²) in [5, 5.41) is 15.4. The number of aromatic nitrogens is 3. The maximum atomic E-state index is 13.5. The topological polar surface area (TPSA) is 157 Å². The summed E-state index contributed by atoms with van der Waals surface area (Å²) in [6.45, 7) is 17.6. The number of esters is 2. The monoisotopic (exact) mass is 687 g/mol. The Morgan fingerprint density at radius 2 is 1.74 bits per heavy atom. The standard InChI is InChI=1S/C36H45N7O7/c1-6-49-35(45)26-10-8-7-9-25(26)34(44)41-15-13-40(14-16-41)28-12-11-24(19-29(28)43(47)48)32-38-33-30(27(37-5)20-42(33)39-32)36(46)50-31-22(3)17-21(2)18-23(31)4/h11-12,19-23,25-26,31H,6-10,13-18H2,1-4H3,(H,38,39). The lowest BCUT2D eigenvalue weighted by molar-refractivity contribution is -0.384. The van der Waals surface area contributed by atoms with E-state index in [0.29, 0.717) is 62.0 Å². The summed E-state index contributed by atoms with van der Waals surface area (Å²) < 4.78 is 12.7. The SMILES string of the molecule is [C-]#[N+]c1cn2[nH]c(-c3ccc(N4CCN(C(=O)C5CCCCC5C(=O)OCC)CC4)c([N+](=O)[O-])c3)nc2c1C(=O)OC1C(C)CC(C)CC1C. The van der Waals surface area contributed by atoms with Gasteiger partial charge in [0.15, 0.2) is 11.5 Å². The zero-order valence-corrected chi connectivity index (χ0v) is 29.1. The van der Waals surface area contributed by atoms with E-state index in [1.54, 1.807) is 24.0 Å². The van der Waals surface area contributed by atoms with Crippen LogP contribution in [0.3, 0.4) is 0 Å². The number of rotatable bonds is 8. The normalized spacial score (nSPS) is 25.6. The summed E-state index contributed by atoms with van der Waals surface area (Å²) in [6.07, 6.45) is 6.20. The van der Waals surface area contributed by atoms with Crippen LogP contribution in [0.25, 0.3) is 21.9 Å². The first-order valence-electron chi connectivity index (χ1n) is 17.7. The predicted octanol–water partition coefficient (Wildman–Crippen LogP) is 6.03. The van der Waals surface area contributed by atoms with Crippen LogP contribution in [0.15, 0.2) is 24.4 Å². The Hall–Kier alpha value is -4.93. The van der Waals surface area contributed by atoms with Crippen molar-refractivity contribution < 1.29 is 28.8 Å². The molecule has 0 bridgehead atoms. The molecule has 14 nitrogen and oxygen atoms in total. The molecule has 0 spiro atoms. The lowest BCUT2D eigenvalue weighted by Gasteiger charge is -2.39. The number of amides is 1. The summed E-state index contributed by atoms with van der Waals surface area (Å²) >= 11 is 0. The Kier molecular flexibility index (Phi) is 10.1. The van der Waals surface area contributed by atoms with Gasteiger partial charge in [0.25, 0.3) is 5.69 Å². The number of anilines is 1. The smallest absolute Gasteiger partial charge is 0.331 e. The van der Waals surface area contributed by atoms with Crippen LogP contribution >= 0.6 is 0 Å². The minimum atomic E-state index is -0.603. The van der Waals surface area contributed by atoms with Crippen LogP contribution in [0.2, 0.25) is 0 Å². The van der Waals surface area contributed by atoms with Gasteiger partial charge in [-0.1, -0.05) is 33.6 Å². The molecular formula is C36H45N7O7. The van der Waals surface area contributed by atoms with Gasteiger partial charge in [0, 0.05) is 44.0 Å². The summed E-state index contributed by atoms with van der Waals surface area (Å²) in [5.41, 5.74) is 1.15. The van der Waals surface area contributed by atoms with Gasteiger partial charge in [0.1, 0.15) is 17.4 Å². The van der Waals surface area contributed by atoms with Crippen molar-refractivity contribution in [3.63, 3.8) is 0 Å². The second-order valence-corrected chi connectivity index (χ2v) is 14.2. The number of nitrogens with one attached hydrogen (secondary N) is 1. The van der Waals surface area contributed by atoms with Crippen molar-refractivity contribution >= 4 is 40.6 Å². The van der Waals surface area contributed by atoms with Crippen LogP contribution in [0.4, 0.5) is 17.1 Å². The van der Waals surface area contributed by atoms with Crippen molar-refractivity contribution in [3.8, 4) is 11.4 Å². The fourth-order valence-corrected chi connectivity index (χ4v) is 8.39. The molecule has 1 aliphatic heterocycles. The van der Waals surface area contributed by atoms with Crippen LogP contribution < -0.4 is 4.90 Å². The number of benzene rings is 1. The lowest BCUT2D eigenvalue weighted by atomic mass is 9.75. The molecule has 2 aromatic heterocycles. The van der Waals surface area contributed by atoms with Gasteiger partial charge in [0.2, 0.25) is 11.6 Å². The molecule has 0 radical (unpaired) electrons. The van der Waals surface area contributed by atoms with Crippen molar-refractivity contribution in [2.24, 2.45) is 29.6 Å². The zero-order chi connectivity index (χ0) is 35.7. The van der Waals surface area contributed by atoms with Crippen LogP contribution in [0, 0.1) is 46.3 Å². The molecule has 1 saturated heterocycles. The van der Waals surface area contributed by atoms with Crippen LogP contribution in [0.1, 0.15) is 76.6 Å². The molecule has 1 amide bonds. The highest BCUT2D eigenvalue weighted by Gasteiger charge is 2.40. The minimum Gasteiger partial charge on any atom is -0.466 e. The van der Waals surface area contributed by atoms with E-state index >= 15 is 0 Å². The lowest BCUT2D eigenvalue weighted by Crippen LogP contribution is -2.52. The fraction of sp³-hybridized carbons (Fsp3) is 0.583. The molecule has 3 fully saturated rings. The maximum absolute atomic E-state index is 13.5. The molecule has 50 heavy (non-hydrogen) atoms. The van der Waals surface area contributed by atoms with E-state index in [2.05, 4.69) is 35.7 Å². The number of hydrogen-bond donors (Lipinski definition) is 1. The molecule has 6 rings (SSSR count). The third-order valence-electron chi connectivity index (χ3n) is 10.7. The first-order chi connectivity index (χ1) is 24.0. The fourth-order valence-electron chi connectivity index (χ4n) is 8.39. The molecule has 3 heterocycles. The van der Waals surface area contributed by atoms with Crippen LogP contribution in [0.5, 0.6) is 0 Å². The quantitative estimate of drug-likeness (QED) is 0.129. The minimum absolute atomic E-state index is 0.0524. The molecule has 14 heteroatoms. The summed E-state index contributed by atoms with van der Waals surface area (Å²) in [5.74, 6) is -0.582. The third-order valence-corrected chi connectivity index (χ3v) is 10.7. The largest absolute Gasteiger partial charge is 0.466 e. The first-order valence-corrected chi connectivity index (χ1v) is 17.7. The molecule has 4 unspecified atom stereocenters. The number of carbonyl (C=O) groups is 3. The van der Waals surface area contributed by atoms with Crippen molar-refractivity contribution in [2.75, 3.05) is 37.7 Å². The van der Waals surface area contributed by atoms with Crippen molar-refractivity contribution in [3.05, 3.63) is 51.5 Å². The maximum Gasteiger partial charge on any atom is 0.331 e. The second kappa shape index (κ2) is 14.5. The molecule has 266 valence electrons. The van der Waals surface area contributed by atoms with Gasteiger partial charge in [0.05, 0.1) is 29.9 Å². The second-order valence-electron chi connectivity index (χ2n) is 14.2. The predicted molar refractivity (Wildman–Crippen MR) is 185 cm³/mol. The Balaban J connectivity index is 1.19. The number of piperazine rings is 1. The van der Waals surface area contributed by atoms with E-state index in [4.69, 9.17) is 16.0 Å². The van der Waals surface area contributed by atoms with Gasteiger partial charge in [-0.2, -0.15) is 0 Å². The van der Waals surface area contributed by atoms with E-state index in [0.717, 1.165) is 25.7 Å². The molecule has 1 N–H and O–H groups in total. The molecule has 1 aromatic carbocycles. The van der Waals surface area contributed by atoms with E-state index in [-0.39, 0.29) is 59.0 Å². The third kappa shape index (κ3) is 6.78. The summed E-state index contributed by atoms with van der Waals surface area (Å²) in [6, 6.07) is 4.84. The molecule has 2 saturated carbocycles. The molecule has 3 aliphatic rings. The number of nitro benzene ring substituents is 1. The van der Waals surface area contributed by atoms with E-state index in [9.17, 15) is 24.5 Å². The van der Waals surface area contributed by atoms with Crippen molar-refractivity contribution in [1.29, 1.82) is 0 Å². The highest BCUT2D eigenvalue weighted by molar-refractivity contribution is 6.03. The number of ether oxygens (including phenoxy) is 2. The number of aromatic amines is 1. The van der Waals surface area contributed by atoms with Gasteiger partial charge in [-0.05, 0) is 62.5 Å². The highest BCUT2D eigenvalue weighted by atomic mass is 16.6. The van der Waals surface area contributed by atoms with Crippen molar-refractivity contribution in [1.82, 2.24) is 19.5 Å². The summed E-state index contributed by atoms with van der Waals surface area (Å²) in [4.78, 5) is 63.3. The zero-order valence-electron chi connectivity index (χ0n) is 29.1. The van der Waals surface area contributed by atoms with Gasteiger partial charge in [-0.3, -0.25) is 29.3 Å². The van der Waals surface area contributed by atoms with E-state index in [1.165, 1.54) is 16.8 Å². The number of carbonyl (C=O) groups excluding carboxylic acids is 3. The molecule has 2 aliphatic carbocycles. The molecule has 4 atom stereocenters. The van der Waals surface area contributed by atoms with Crippen LogP contribution in [-0.2, 0) is 19.1 Å². The number of hydrogen-bond acceptors (Lipinski definition) is 9. The van der Waals surface area contributed by atoms with E-state index in [1.807, 2.05) is 4.90 Å².